The Morgan fingerprint density at radius 3 is 2.57 bits per heavy atom. The summed E-state index contributed by atoms with van der Waals surface area (Å²) in [4.78, 5) is 11.9. The van der Waals surface area contributed by atoms with Gasteiger partial charge in [-0.25, -0.2) is 0 Å². The minimum Gasteiger partial charge on any atom is -0.493 e. The van der Waals surface area contributed by atoms with Crippen LogP contribution in [0.2, 0.25) is 0 Å². The van der Waals surface area contributed by atoms with Crippen LogP contribution >= 0.6 is 15.9 Å². The average molecular weight is 350 g/mol. The molecule has 0 aliphatic heterocycles. The van der Waals surface area contributed by atoms with Crippen LogP contribution in [0.3, 0.4) is 0 Å². The van der Waals surface area contributed by atoms with Gasteiger partial charge in [-0.1, -0.05) is 28.1 Å². The zero-order valence-electron chi connectivity index (χ0n) is 11.9. The molecule has 2 aromatic rings. The number of halogens is 1. The van der Waals surface area contributed by atoms with Crippen molar-refractivity contribution in [3.05, 3.63) is 52.5 Å². The van der Waals surface area contributed by atoms with Crippen molar-refractivity contribution in [2.24, 2.45) is 0 Å². The molecule has 2 aromatic carbocycles. The zero-order chi connectivity index (χ0) is 15.2. The molecule has 0 aliphatic rings. The van der Waals surface area contributed by atoms with Crippen molar-refractivity contribution in [1.29, 1.82) is 0 Å². The molecule has 0 radical (unpaired) electrons. The van der Waals surface area contributed by atoms with Gasteiger partial charge in [0.2, 0.25) is 0 Å². The van der Waals surface area contributed by atoms with Crippen LogP contribution in [-0.4, -0.2) is 19.6 Å². The molecule has 0 aliphatic carbocycles. The van der Waals surface area contributed by atoms with Gasteiger partial charge >= 0.3 is 0 Å². The summed E-state index contributed by atoms with van der Waals surface area (Å²) < 4.78 is 11.6. The fourth-order valence-corrected chi connectivity index (χ4v) is 2.49. The number of ether oxygens (including phenoxy) is 2. The zero-order valence-corrected chi connectivity index (χ0v) is 13.4. The molecule has 1 amide bonds. The van der Waals surface area contributed by atoms with Gasteiger partial charge < -0.3 is 14.8 Å². The van der Waals surface area contributed by atoms with Crippen LogP contribution in [0.5, 0.6) is 11.5 Å². The van der Waals surface area contributed by atoms with Crippen molar-refractivity contribution >= 4 is 27.5 Å². The number of rotatable bonds is 5. The van der Waals surface area contributed by atoms with Gasteiger partial charge in [0.05, 0.1) is 7.11 Å². The minimum absolute atomic E-state index is 0.0774. The third-order valence-corrected chi connectivity index (χ3v) is 3.21. The van der Waals surface area contributed by atoms with Crippen molar-refractivity contribution in [1.82, 2.24) is 0 Å². The first-order valence-corrected chi connectivity index (χ1v) is 7.20. The predicted molar refractivity (Wildman–Crippen MR) is 86.0 cm³/mol. The molecule has 0 bridgehead atoms. The van der Waals surface area contributed by atoms with E-state index in [0.717, 1.165) is 15.7 Å². The highest BCUT2D eigenvalue weighted by Gasteiger charge is 2.07. The molecule has 5 heteroatoms. The Kier molecular flexibility index (Phi) is 5.22. The first-order valence-electron chi connectivity index (χ1n) is 6.41. The van der Waals surface area contributed by atoms with E-state index >= 15 is 0 Å². The van der Waals surface area contributed by atoms with Gasteiger partial charge in [0, 0.05) is 10.2 Å². The molecular formula is C16H16BrNO3. The molecule has 0 saturated heterocycles. The summed E-state index contributed by atoms with van der Waals surface area (Å²) in [5.41, 5.74) is 1.79. The van der Waals surface area contributed by atoms with E-state index in [1.807, 2.05) is 37.3 Å². The molecule has 2 rings (SSSR count). The summed E-state index contributed by atoms with van der Waals surface area (Å²) >= 11 is 3.40. The summed E-state index contributed by atoms with van der Waals surface area (Å²) in [5.74, 6) is 0.919. The van der Waals surface area contributed by atoms with Crippen LogP contribution in [-0.2, 0) is 4.79 Å². The maximum atomic E-state index is 11.9. The number of carbonyl (C=O) groups is 1. The van der Waals surface area contributed by atoms with Crippen molar-refractivity contribution in [2.75, 3.05) is 19.0 Å². The van der Waals surface area contributed by atoms with Crippen molar-refractivity contribution in [3.63, 3.8) is 0 Å². The molecule has 0 unspecified atom stereocenters. The quantitative estimate of drug-likeness (QED) is 0.893. The Hall–Kier alpha value is -2.01. The van der Waals surface area contributed by atoms with Gasteiger partial charge in [-0.2, -0.15) is 0 Å². The van der Waals surface area contributed by atoms with Crippen molar-refractivity contribution in [2.45, 2.75) is 6.92 Å². The van der Waals surface area contributed by atoms with E-state index in [2.05, 4.69) is 21.2 Å². The van der Waals surface area contributed by atoms with Gasteiger partial charge in [0.15, 0.2) is 18.1 Å². The van der Waals surface area contributed by atoms with Gasteiger partial charge in [-0.3, -0.25) is 4.79 Å². The van der Waals surface area contributed by atoms with Crippen LogP contribution in [0.1, 0.15) is 5.56 Å². The normalized spacial score (nSPS) is 10.0. The second-order valence-corrected chi connectivity index (χ2v) is 5.42. The van der Waals surface area contributed by atoms with E-state index in [0.29, 0.717) is 11.5 Å². The third-order valence-electron chi connectivity index (χ3n) is 2.75. The predicted octanol–water partition coefficient (Wildman–Crippen LogP) is 3.78. The lowest BCUT2D eigenvalue weighted by molar-refractivity contribution is -0.118. The molecule has 4 nitrogen and oxygen atoms in total. The number of hydrogen-bond donors (Lipinski definition) is 1. The maximum Gasteiger partial charge on any atom is 0.262 e. The lowest BCUT2D eigenvalue weighted by Crippen LogP contribution is -2.20. The van der Waals surface area contributed by atoms with E-state index in [1.165, 1.54) is 0 Å². The number of aryl methyl sites for hydroxylation is 1. The highest BCUT2D eigenvalue weighted by Crippen LogP contribution is 2.25. The van der Waals surface area contributed by atoms with E-state index in [-0.39, 0.29) is 12.5 Å². The second kappa shape index (κ2) is 7.13. The average Bonchev–Trinajstić information content (AvgIpc) is 2.44. The number of anilines is 1. The lowest BCUT2D eigenvalue weighted by atomic mass is 10.2. The van der Waals surface area contributed by atoms with Gasteiger partial charge in [-0.05, 0) is 42.8 Å². The van der Waals surface area contributed by atoms with E-state index in [1.54, 1.807) is 19.2 Å². The Morgan fingerprint density at radius 2 is 1.90 bits per heavy atom. The molecule has 0 spiro atoms. The Bertz CT molecular complexity index is 623. The molecule has 0 aromatic heterocycles. The number of hydrogen-bond acceptors (Lipinski definition) is 3. The number of benzene rings is 2. The molecule has 1 N–H and O–H groups in total. The first kappa shape index (κ1) is 15.4. The third kappa shape index (κ3) is 4.49. The van der Waals surface area contributed by atoms with Crippen LogP contribution < -0.4 is 14.8 Å². The molecule has 0 atom stereocenters. The smallest absolute Gasteiger partial charge is 0.262 e. The van der Waals surface area contributed by atoms with Crippen LogP contribution in [0.15, 0.2) is 46.9 Å². The van der Waals surface area contributed by atoms with E-state index in [4.69, 9.17) is 9.47 Å². The van der Waals surface area contributed by atoms with Gasteiger partial charge in [0.1, 0.15) is 0 Å². The van der Waals surface area contributed by atoms with Crippen LogP contribution in [0.25, 0.3) is 0 Å². The number of carbonyl (C=O) groups excluding carboxylic acids is 1. The van der Waals surface area contributed by atoms with Gasteiger partial charge in [0.25, 0.3) is 5.91 Å². The summed E-state index contributed by atoms with van der Waals surface area (Å²) in [7, 11) is 1.56. The Balaban J connectivity index is 1.96. The van der Waals surface area contributed by atoms with Crippen molar-refractivity contribution < 1.29 is 14.3 Å². The lowest BCUT2D eigenvalue weighted by Gasteiger charge is -2.11. The molecule has 21 heavy (non-hydrogen) atoms. The Labute approximate surface area is 132 Å². The van der Waals surface area contributed by atoms with Crippen LogP contribution in [0.4, 0.5) is 5.69 Å². The number of methoxy groups -OCH3 is 1. The number of nitrogens with one attached hydrogen (secondary N) is 1. The number of amides is 1. The summed E-state index contributed by atoms with van der Waals surface area (Å²) in [5, 5.41) is 2.80. The topological polar surface area (TPSA) is 47.6 Å². The highest BCUT2D eigenvalue weighted by atomic mass is 79.9. The Morgan fingerprint density at radius 1 is 1.19 bits per heavy atom. The molecule has 0 heterocycles. The second-order valence-electron chi connectivity index (χ2n) is 4.50. The maximum absolute atomic E-state index is 11.9. The summed E-state index contributed by atoms with van der Waals surface area (Å²) in [6.07, 6.45) is 0. The summed E-state index contributed by atoms with van der Waals surface area (Å²) in [6.45, 7) is 1.89. The minimum atomic E-state index is -0.224. The van der Waals surface area contributed by atoms with E-state index in [9.17, 15) is 4.79 Å². The van der Waals surface area contributed by atoms with Crippen LogP contribution in [0, 0.1) is 6.92 Å². The SMILES string of the molecule is COc1ccccc1OCC(=O)Nc1cc(C)cc(Br)c1. The van der Waals surface area contributed by atoms with Gasteiger partial charge in [-0.15, -0.1) is 0 Å². The fraction of sp³-hybridized carbons (Fsp3) is 0.188. The van der Waals surface area contributed by atoms with E-state index < -0.39 is 0 Å². The molecule has 0 saturated carbocycles. The van der Waals surface area contributed by atoms with Crippen molar-refractivity contribution in [3.8, 4) is 11.5 Å². The summed E-state index contributed by atoms with van der Waals surface area (Å²) in [6, 6.07) is 12.9. The molecule has 110 valence electrons. The molecular weight excluding hydrogens is 334 g/mol. The monoisotopic (exact) mass is 349 g/mol. The molecule has 0 fully saturated rings. The largest absolute Gasteiger partial charge is 0.493 e. The highest BCUT2D eigenvalue weighted by molar-refractivity contribution is 9.10. The number of para-hydroxylation sites is 2. The first-order chi connectivity index (χ1) is 10.1. The standard InChI is InChI=1S/C16H16BrNO3/c1-11-7-12(17)9-13(8-11)18-16(19)10-21-15-6-4-3-5-14(15)20-2/h3-9H,10H2,1-2H3,(H,18,19). The fourth-order valence-electron chi connectivity index (χ4n) is 1.89.